The summed E-state index contributed by atoms with van der Waals surface area (Å²) in [5.74, 6) is -1.39. The van der Waals surface area contributed by atoms with Crippen LogP contribution in [0.4, 0.5) is 8.78 Å². The molecule has 0 N–H and O–H groups in total. The molecule has 0 bridgehead atoms. The van der Waals surface area contributed by atoms with Crippen molar-refractivity contribution in [3.63, 3.8) is 0 Å². The van der Waals surface area contributed by atoms with Crippen LogP contribution >= 0.6 is 46.6 Å². The van der Waals surface area contributed by atoms with E-state index in [1.807, 2.05) is 0 Å². The molecule has 142 valence electrons. The third kappa shape index (κ3) is 3.28. The van der Waals surface area contributed by atoms with E-state index < -0.39 is 17.2 Å². The minimum atomic E-state index is -0.712. The Bertz CT molecular complexity index is 1270. The molecule has 0 atom stereocenters. The first-order valence-electron chi connectivity index (χ1n) is 7.74. The number of para-hydroxylation sites is 1. The normalized spacial score (nSPS) is 11.3. The summed E-state index contributed by atoms with van der Waals surface area (Å²) in [6, 6.07) is 9.66. The second kappa shape index (κ2) is 7.40. The van der Waals surface area contributed by atoms with E-state index in [1.165, 1.54) is 15.3 Å². The van der Waals surface area contributed by atoms with Gasteiger partial charge >= 0.3 is 0 Å². The van der Waals surface area contributed by atoms with Crippen molar-refractivity contribution in [2.75, 3.05) is 0 Å². The molecule has 2 heterocycles. The van der Waals surface area contributed by atoms with Crippen molar-refractivity contribution < 1.29 is 8.78 Å². The Labute approximate surface area is 176 Å². The second-order valence-electron chi connectivity index (χ2n) is 5.61. The van der Waals surface area contributed by atoms with Gasteiger partial charge in [-0.25, -0.2) is 23.0 Å². The number of rotatable bonds is 3. The number of hydrogen-bond donors (Lipinski definition) is 0. The van der Waals surface area contributed by atoms with Crippen molar-refractivity contribution in [2.45, 2.75) is 9.92 Å². The Morgan fingerprint density at radius 2 is 1.71 bits per heavy atom. The molecule has 10 heteroatoms. The third-order valence-corrected chi connectivity index (χ3v) is 5.77. The minimum absolute atomic E-state index is 0.141. The highest BCUT2D eigenvalue weighted by atomic mass is 35.5. The zero-order valence-corrected chi connectivity index (χ0v) is 16.8. The predicted molar refractivity (Wildman–Crippen MR) is 106 cm³/mol. The SMILES string of the molecule is O=c1c(Cl)c2nc(Sc3ccc(F)cc3F)ccn2n1-c1c(Cl)cccc1Cl. The lowest BCUT2D eigenvalue weighted by molar-refractivity contribution is 0.565. The molecule has 0 amide bonds. The van der Waals surface area contributed by atoms with Gasteiger partial charge in [0.15, 0.2) is 10.7 Å². The molecule has 28 heavy (non-hydrogen) atoms. The standard InChI is InChI=1S/C18H8Cl3F2N3OS/c19-10-2-1-3-11(20)16(10)26-18(27)15(21)17-24-14(6-7-25(17)26)28-13-5-4-9(22)8-12(13)23/h1-8H. The third-order valence-electron chi connectivity index (χ3n) is 3.84. The summed E-state index contributed by atoms with van der Waals surface area (Å²) in [4.78, 5) is 17.2. The maximum atomic E-state index is 13.9. The highest BCUT2D eigenvalue weighted by Crippen LogP contribution is 2.32. The van der Waals surface area contributed by atoms with Crippen molar-refractivity contribution in [3.8, 4) is 5.69 Å². The van der Waals surface area contributed by atoms with Gasteiger partial charge in [-0.05, 0) is 30.3 Å². The number of halogens is 5. The van der Waals surface area contributed by atoms with Crippen LogP contribution in [0.1, 0.15) is 0 Å². The summed E-state index contributed by atoms with van der Waals surface area (Å²) in [7, 11) is 0. The van der Waals surface area contributed by atoms with E-state index in [0.717, 1.165) is 23.9 Å². The Morgan fingerprint density at radius 3 is 2.39 bits per heavy atom. The van der Waals surface area contributed by atoms with Crippen molar-refractivity contribution >= 4 is 52.2 Å². The van der Waals surface area contributed by atoms with Gasteiger partial charge in [-0.2, -0.15) is 0 Å². The average molecular weight is 459 g/mol. The highest BCUT2D eigenvalue weighted by molar-refractivity contribution is 7.99. The lowest BCUT2D eigenvalue weighted by Crippen LogP contribution is -2.18. The van der Waals surface area contributed by atoms with Gasteiger partial charge < -0.3 is 0 Å². The fourth-order valence-corrected chi connectivity index (χ4v) is 4.17. The maximum absolute atomic E-state index is 13.9. The number of fused-ring (bicyclic) bond motifs is 1. The van der Waals surface area contributed by atoms with Gasteiger partial charge in [0.1, 0.15) is 22.3 Å². The Balaban J connectivity index is 1.86. The van der Waals surface area contributed by atoms with Crippen LogP contribution in [0.2, 0.25) is 15.1 Å². The van der Waals surface area contributed by atoms with Crippen LogP contribution in [0.5, 0.6) is 0 Å². The predicted octanol–water partition coefficient (Wildman–Crippen LogP) is 5.87. The molecule has 0 radical (unpaired) electrons. The van der Waals surface area contributed by atoms with Crippen molar-refractivity contribution in [1.29, 1.82) is 0 Å². The van der Waals surface area contributed by atoms with Crippen LogP contribution in [-0.4, -0.2) is 14.2 Å². The molecule has 4 aromatic rings. The topological polar surface area (TPSA) is 39.3 Å². The van der Waals surface area contributed by atoms with Gasteiger partial charge in [-0.3, -0.25) is 4.79 Å². The van der Waals surface area contributed by atoms with Crippen LogP contribution in [0, 0.1) is 11.6 Å². The quantitative estimate of drug-likeness (QED) is 0.360. The highest BCUT2D eigenvalue weighted by Gasteiger charge is 2.20. The Hall–Kier alpha value is -2.06. The van der Waals surface area contributed by atoms with E-state index in [4.69, 9.17) is 34.8 Å². The lowest BCUT2D eigenvalue weighted by atomic mass is 10.3. The van der Waals surface area contributed by atoms with Crippen LogP contribution in [0.25, 0.3) is 11.3 Å². The molecule has 0 saturated carbocycles. The van der Waals surface area contributed by atoms with E-state index in [0.29, 0.717) is 5.03 Å². The molecule has 0 saturated heterocycles. The van der Waals surface area contributed by atoms with Crippen molar-refractivity contribution in [2.24, 2.45) is 0 Å². The first-order chi connectivity index (χ1) is 13.4. The second-order valence-corrected chi connectivity index (χ2v) is 7.87. The number of aromatic nitrogens is 3. The van der Waals surface area contributed by atoms with E-state index in [-0.39, 0.29) is 31.3 Å². The molecule has 0 fully saturated rings. The molecule has 2 aromatic heterocycles. The van der Waals surface area contributed by atoms with Crippen molar-refractivity contribution in [3.05, 3.63) is 85.7 Å². The summed E-state index contributed by atoms with van der Waals surface area (Å²) in [6.45, 7) is 0. The molecule has 0 aliphatic rings. The fourth-order valence-electron chi connectivity index (χ4n) is 2.62. The van der Waals surface area contributed by atoms with Crippen LogP contribution in [-0.2, 0) is 0 Å². The van der Waals surface area contributed by atoms with Crippen LogP contribution in [0.15, 0.2) is 63.4 Å². The monoisotopic (exact) mass is 457 g/mol. The first-order valence-corrected chi connectivity index (χ1v) is 9.69. The summed E-state index contributed by atoms with van der Waals surface area (Å²) in [6.07, 6.45) is 1.54. The molecular formula is C18H8Cl3F2N3OS. The lowest BCUT2D eigenvalue weighted by Gasteiger charge is -2.10. The molecular weight excluding hydrogens is 451 g/mol. The molecule has 0 spiro atoms. The molecule has 0 unspecified atom stereocenters. The molecule has 0 aliphatic carbocycles. The van der Waals surface area contributed by atoms with Gasteiger partial charge in [-0.1, -0.05) is 52.6 Å². The van der Waals surface area contributed by atoms with Crippen LogP contribution in [0.3, 0.4) is 0 Å². The first kappa shape index (κ1) is 19.3. The molecule has 4 nitrogen and oxygen atoms in total. The van der Waals surface area contributed by atoms with Gasteiger partial charge in [0.25, 0.3) is 5.56 Å². The van der Waals surface area contributed by atoms with Crippen molar-refractivity contribution in [1.82, 2.24) is 14.2 Å². The average Bonchev–Trinajstić information content (AvgIpc) is 2.89. The van der Waals surface area contributed by atoms with Crippen LogP contribution < -0.4 is 5.56 Å². The largest absolute Gasteiger partial charge is 0.292 e. The van der Waals surface area contributed by atoms with E-state index in [1.54, 1.807) is 30.5 Å². The molecule has 2 aromatic carbocycles. The molecule has 0 aliphatic heterocycles. The summed E-state index contributed by atoms with van der Waals surface area (Å²) in [5.41, 5.74) is -0.140. The van der Waals surface area contributed by atoms with E-state index in [2.05, 4.69) is 4.98 Å². The molecule has 4 rings (SSSR count). The summed E-state index contributed by atoms with van der Waals surface area (Å²) < 4.78 is 29.6. The van der Waals surface area contributed by atoms with Gasteiger partial charge in [0.05, 0.1) is 10.0 Å². The zero-order chi connectivity index (χ0) is 20.0. The van der Waals surface area contributed by atoms with E-state index >= 15 is 0 Å². The van der Waals surface area contributed by atoms with Gasteiger partial charge in [0.2, 0.25) is 0 Å². The minimum Gasteiger partial charge on any atom is -0.266 e. The summed E-state index contributed by atoms with van der Waals surface area (Å²) >= 11 is 19.6. The maximum Gasteiger partial charge on any atom is 0.292 e. The Morgan fingerprint density at radius 1 is 1.00 bits per heavy atom. The number of benzene rings is 2. The zero-order valence-electron chi connectivity index (χ0n) is 13.7. The van der Waals surface area contributed by atoms with Gasteiger partial charge in [-0.15, -0.1) is 0 Å². The van der Waals surface area contributed by atoms with Gasteiger partial charge in [0, 0.05) is 17.2 Å². The Kier molecular flexibility index (Phi) is 5.09. The smallest absolute Gasteiger partial charge is 0.266 e. The van der Waals surface area contributed by atoms with E-state index in [9.17, 15) is 13.6 Å². The fraction of sp³-hybridized carbons (Fsp3) is 0. The number of hydrogen-bond acceptors (Lipinski definition) is 3. The number of nitrogens with zero attached hydrogens (tertiary/aromatic N) is 3. The summed E-state index contributed by atoms with van der Waals surface area (Å²) in [5, 5.41) is 0.753.